The number of aliphatic hydroxyl groups is 1. The quantitative estimate of drug-likeness (QED) is 0.697. The molecule has 3 rings (SSSR count). The third kappa shape index (κ3) is 1.72. The molecule has 2 unspecified atom stereocenters. The molecule has 22 heavy (non-hydrogen) atoms. The number of fused-ring (bicyclic) bond motifs is 1. The smallest absolute Gasteiger partial charge is 0.262 e. The molecule has 2 aliphatic heterocycles. The molecular weight excluding hydrogens is 288 g/mol. The summed E-state index contributed by atoms with van der Waals surface area (Å²) in [6, 6.07) is 4.88. The average Bonchev–Trinajstić information content (AvgIpc) is 2.70. The minimum absolute atomic E-state index is 0.227. The molecule has 0 radical (unpaired) electrons. The summed E-state index contributed by atoms with van der Waals surface area (Å²) in [5.41, 5.74) is -0.486. The number of rotatable bonds is 1. The van der Waals surface area contributed by atoms with Gasteiger partial charge in [0.05, 0.1) is 11.1 Å². The number of aryl methyl sites for hydroxylation is 1. The number of piperidine rings is 1. The number of imide groups is 2. The van der Waals surface area contributed by atoms with Crippen molar-refractivity contribution in [3.8, 4) is 0 Å². The van der Waals surface area contributed by atoms with Gasteiger partial charge in [0.1, 0.15) is 11.6 Å². The predicted molar refractivity (Wildman–Crippen MR) is 73.9 cm³/mol. The third-order valence-electron chi connectivity index (χ3n) is 4.24. The molecule has 2 atom stereocenters. The van der Waals surface area contributed by atoms with Crippen molar-refractivity contribution in [3.63, 3.8) is 0 Å². The zero-order valence-electron chi connectivity index (χ0n) is 12.0. The zero-order valence-corrected chi connectivity index (χ0v) is 12.0. The molecule has 2 heterocycles. The first kappa shape index (κ1) is 14.4. The molecule has 0 spiro atoms. The van der Waals surface area contributed by atoms with E-state index in [2.05, 4.69) is 0 Å². The van der Waals surface area contributed by atoms with Gasteiger partial charge in [-0.15, -0.1) is 0 Å². The highest BCUT2D eigenvalue weighted by Gasteiger charge is 2.55. The number of aliphatic hydroxyl groups excluding tert-OH is 1. The lowest BCUT2D eigenvalue weighted by molar-refractivity contribution is -0.148. The second-order valence-corrected chi connectivity index (χ2v) is 5.76. The molecule has 7 nitrogen and oxygen atoms in total. The highest BCUT2D eigenvalue weighted by atomic mass is 16.3. The Morgan fingerprint density at radius 3 is 2.55 bits per heavy atom. The molecule has 1 fully saturated rings. The van der Waals surface area contributed by atoms with E-state index in [0.717, 1.165) is 4.90 Å². The first-order valence-electron chi connectivity index (χ1n) is 6.79. The van der Waals surface area contributed by atoms with E-state index >= 15 is 0 Å². The number of hydrogen-bond acceptors (Lipinski definition) is 5. The molecule has 0 bridgehead atoms. The number of benzene rings is 1. The summed E-state index contributed by atoms with van der Waals surface area (Å²) in [7, 11) is 0. The first-order chi connectivity index (χ1) is 10.3. The number of hydrogen-bond donors (Lipinski definition) is 2. The molecular formula is C15H14N2O5. The van der Waals surface area contributed by atoms with Gasteiger partial charge < -0.3 is 5.11 Å². The van der Waals surface area contributed by atoms with Crippen LogP contribution < -0.4 is 5.32 Å². The van der Waals surface area contributed by atoms with Gasteiger partial charge in [-0.25, -0.2) is 0 Å². The van der Waals surface area contributed by atoms with Crippen molar-refractivity contribution in [1.29, 1.82) is 0 Å². The summed E-state index contributed by atoms with van der Waals surface area (Å²) in [5.74, 6) is -2.77. The summed E-state index contributed by atoms with van der Waals surface area (Å²) in [5, 5.41) is 11.7. The van der Waals surface area contributed by atoms with Crippen LogP contribution in [0.1, 0.15) is 39.6 Å². The predicted octanol–water partition coefficient (Wildman–Crippen LogP) is -0.243. The minimum atomic E-state index is -1.60. The largest absolute Gasteiger partial charge is 0.383 e. The molecule has 4 amide bonds. The Bertz CT molecular complexity index is 741. The Morgan fingerprint density at radius 1 is 1.23 bits per heavy atom. The van der Waals surface area contributed by atoms with E-state index in [1.54, 1.807) is 19.1 Å². The Kier molecular flexibility index (Phi) is 2.93. The molecule has 7 heteroatoms. The van der Waals surface area contributed by atoms with Crippen molar-refractivity contribution in [2.45, 2.75) is 31.9 Å². The van der Waals surface area contributed by atoms with Crippen LogP contribution in [-0.4, -0.2) is 45.3 Å². The van der Waals surface area contributed by atoms with Crippen LogP contribution in [-0.2, 0) is 9.59 Å². The SMILES string of the molecule is Cc1cccc2c1C(=O)N(C1(C)CC(O)C(=O)NC1=O)C2=O. The van der Waals surface area contributed by atoms with Crippen LogP contribution in [0.5, 0.6) is 0 Å². The van der Waals surface area contributed by atoms with Gasteiger partial charge in [0.15, 0.2) is 0 Å². The summed E-state index contributed by atoms with van der Waals surface area (Å²) < 4.78 is 0. The van der Waals surface area contributed by atoms with Crippen LogP contribution in [0.25, 0.3) is 0 Å². The lowest BCUT2D eigenvalue weighted by Crippen LogP contribution is -2.66. The second-order valence-electron chi connectivity index (χ2n) is 5.76. The molecule has 1 saturated heterocycles. The van der Waals surface area contributed by atoms with Gasteiger partial charge in [-0.1, -0.05) is 12.1 Å². The normalized spacial score (nSPS) is 28.0. The van der Waals surface area contributed by atoms with Gasteiger partial charge in [-0.2, -0.15) is 0 Å². The number of carbonyl (C=O) groups is 4. The molecule has 114 valence electrons. The standard InChI is InChI=1S/C15H14N2O5/c1-7-4-3-5-8-10(7)13(21)17(12(8)20)15(2)6-9(18)11(19)16-14(15)22/h3-5,9,18H,6H2,1-2H3,(H,16,19,22). The van der Waals surface area contributed by atoms with Crippen molar-refractivity contribution >= 4 is 23.6 Å². The zero-order chi connectivity index (χ0) is 16.2. The maximum atomic E-state index is 12.6. The molecule has 0 aliphatic carbocycles. The molecule has 2 N–H and O–H groups in total. The molecule has 2 aliphatic rings. The monoisotopic (exact) mass is 302 g/mol. The van der Waals surface area contributed by atoms with Crippen LogP contribution in [0.2, 0.25) is 0 Å². The van der Waals surface area contributed by atoms with E-state index in [1.165, 1.54) is 13.0 Å². The van der Waals surface area contributed by atoms with Crippen LogP contribution in [0, 0.1) is 6.92 Å². The molecule has 1 aromatic carbocycles. The first-order valence-corrected chi connectivity index (χ1v) is 6.79. The van der Waals surface area contributed by atoms with Crippen molar-refractivity contribution in [2.75, 3.05) is 0 Å². The summed E-state index contributed by atoms with van der Waals surface area (Å²) >= 11 is 0. The van der Waals surface area contributed by atoms with Crippen LogP contribution in [0.15, 0.2) is 18.2 Å². The lowest BCUT2D eigenvalue weighted by Gasteiger charge is -2.39. The summed E-state index contributed by atoms with van der Waals surface area (Å²) in [6.07, 6.45) is -1.77. The van der Waals surface area contributed by atoms with Crippen molar-refractivity contribution in [2.24, 2.45) is 0 Å². The fraction of sp³-hybridized carbons (Fsp3) is 0.333. The van der Waals surface area contributed by atoms with Crippen LogP contribution in [0.3, 0.4) is 0 Å². The van der Waals surface area contributed by atoms with E-state index in [0.29, 0.717) is 5.56 Å². The minimum Gasteiger partial charge on any atom is -0.383 e. The maximum Gasteiger partial charge on any atom is 0.262 e. The maximum absolute atomic E-state index is 12.6. The van der Waals surface area contributed by atoms with Crippen LogP contribution in [0.4, 0.5) is 0 Å². The summed E-state index contributed by atoms with van der Waals surface area (Å²) in [4.78, 5) is 49.6. The van der Waals surface area contributed by atoms with E-state index in [-0.39, 0.29) is 17.5 Å². The van der Waals surface area contributed by atoms with Crippen molar-refractivity contribution in [1.82, 2.24) is 10.2 Å². The van der Waals surface area contributed by atoms with Gasteiger partial charge in [-0.3, -0.25) is 29.4 Å². The molecule has 0 saturated carbocycles. The summed E-state index contributed by atoms with van der Waals surface area (Å²) in [6.45, 7) is 3.07. The van der Waals surface area contributed by atoms with E-state index in [9.17, 15) is 24.3 Å². The average molecular weight is 302 g/mol. The van der Waals surface area contributed by atoms with E-state index < -0.39 is 35.3 Å². The Balaban J connectivity index is 2.09. The number of amides is 4. The fourth-order valence-corrected chi connectivity index (χ4v) is 2.99. The number of nitrogens with zero attached hydrogens (tertiary/aromatic N) is 1. The Morgan fingerprint density at radius 2 is 1.91 bits per heavy atom. The van der Waals surface area contributed by atoms with E-state index in [1.807, 2.05) is 5.32 Å². The van der Waals surface area contributed by atoms with Gasteiger partial charge in [0.2, 0.25) is 0 Å². The second kappa shape index (κ2) is 4.48. The van der Waals surface area contributed by atoms with Gasteiger partial charge in [0.25, 0.3) is 23.6 Å². The van der Waals surface area contributed by atoms with Gasteiger partial charge in [-0.05, 0) is 25.5 Å². The molecule has 1 aromatic rings. The fourth-order valence-electron chi connectivity index (χ4n) is 2.99. The van der Waals surface area contributed by atoms with E-state index in [4.69, 9.17) is 0 Å². The van der Waals surface area contributed by atoms with Crippen molar-refractivity contribution < 1.29 is 24.3 Å². The molecule has 0 aromatic heterocycles. The highest BCUT2D eigenvalue weighted by Crippen LogP contribution is 2.35. The Labute approximate surface area is 125 Å². The Hall–Kier alpha value is -2.54. The van der Waals surface area contributed by atoms with Gasteiger partial charge in [0, 0.05) is 6.42 Å². The van der Waals surface area contributed by atoms with Gasteiger partial charge >= 0.3 is 0 Å². The lowest BCUT2D eigenvalue weighted by atomic mass is 9.87. The third-order valence-corrected chi connectivity index (χ3v) is 4.24. The highest BCUT2D eigenvalue weighted by molar-refractivity contribution is 6.24. The number of nitrogens with one attached hydrogen (secondary N) is 1. The van der Waals surface area contributed by atoms with Crippen LogP contribution >= 0.6 is 0 Å². The number of carbonyl (C=O) groups excluding carboxylic acids is 4. The van der Waals surface area contributed by atoms with Crippen molar-refractivity contribution in [3.05, 3.63) is 34.9 Å². The topological polar surface area (TPSA) is 104 Å².